The van der Waals surface area contributed by atoms with Gasteiger partial charge in [-0.25, -0.2) is 4.98 Å². The summed E-state index contributed by atoms with van der Waals surface area (Å²) in [5.74, 6) is 0. The van der Waals surface area contributed by atoms with Gasteiger partial charge in [-0.15, -0.1) is 10.2 Å². The fourth-order valence-electron chi connectivity index (χ4n) is 0.932. The zero-order valence-corrected chi connectivity index (χ0v) is 10.7. The number of pyridine rings is 1. The molecule has 4 nitrogen and oxygen atoms in total. The van der Waals surface area contributed by atoms with Crippen molar-refractivity contribution in [2.45, 2.75) is 13.7 Å². The Balaban J connectivity index is 2.10. The second-order valence-electron chi connectivity index (χ2n) is 2.69. The maximum Gasteiger partial charge on any atom is 0.181 e. The van der Waals surface area contributed by atoms with Crippen LogP contribution >= 0.6 is 34.9 Å². The Kier molecular flexibility index (Phi) is 3.92. The normalized spacial score (nSPS) is 10.3. The van der Waals surface area contributed by atoms with Crippen molar-refractivity contribution < 1.29 is 4.79 Å². The number of nitrogens with zero attached hydrogens (tertiary/aromatic N) is 3. The predicted octanol–water partition coefficient (Wildman–Crippen LogP) is 2.62. The lowest BCUT2D eigenvalue weighted by molar-refractivity contribution is 0.112. The fraction of sp³-hybridized carbons (Fsp3) is 0.111. The van der Waals surface area contributed by atoms with Gasteiger partial charge in [0, 0.05) is 11.8 Å². The highest BCUT2D eigenvalue weighted by molar-refractivity contribution is 8.02. The quantitative estimate of drug-likeness (QED) is 0.628. The highest BCUT2D eigenvalue weighted by Crippen LogP contribution is 2.31. The molecule has 0 aliphatic rings. The highest BCUT2D eigenvalue weighted by atomic mass is 32.2. The van der Waals surface area contributed by atoms with E-state index in [2.05, 4.69) is 15.2 Å². The molecule has 0 amide bonds. The first-order valence-corrected chi connectivity index (χ1v) is 7.14. The zero-order chi connectivity index (χ0) is 11.4. The highest BCUT2D eigenvalue weighted by Gasteiger charge is 2.05. The molecule has 0 aliphatic carbocycles. The Hall–Kier alpha value is -0.920. The van der Waals surface area contributed by atoms with Gasteiger partial charge >= 0.3 is 0 Å². The summed E-state index contributed by atoms with van der Waals surface area (Å²) in [6, 6.07) is 3.54. The van der Waals surface area contributed by atoms with Crippen LogP contribution in [-0.2, 0) is 0 Å². The molecule has 7 heteroatoms. The van der Waals surface area contributed by atoms with E-state index in [4.69, 9.17) is 0 Å². The summed E-state index contributed by atoms with van der Waals surface area (Å²) >= 11 is 4.55. The Labute approximate surface area is 105 Å². The van der Waals surface area contributed by atoms with Crippen molar-refractivity contribution in [3.8, 4) is 0 Å². The van der Waals surface area contributed by atoms with E-state index in [9.17, 15) is 4.79 Å². The Morgan fingerprint density at radius 1 is 1.31 bits per heavy atom. The second-order valence-corrected chi connectivity index (χ2v) is 5.99. The molecule has 0 spiro atoms. The lowest BCUT2D eigenvalue weighted by Crippen LogP contribution is -1.83. The largest absolute Gasteiger partial charge is 0.298 e. The Morgan fingerprint density at radius 2 is 2.12 bits per heavy atom. The summed E-state index contributed by atoms with van der Waals surface area (Å²) in [5, 5.41) is 8.83. The van der Waals surface area contributed by atoms with E-state index >= 15 is 0 Å². The number of rotatable bonds is 4. The molecule has 0 radical (unpaired) electrons. The summed E-state index contributed by atoms with van der Waals surface area (Å²) < 4.78 is 1.79. The molecule has 0 saturated heterocycles. The molecule has 16 heavy (non-hydrogen) atoms. The minimum atomic E-state index is 0.575. The van der Waals surface area contributed by atoms with Gasteiger partial charge in [-0.2, -0.15) is 0 Å². The molecular weight excluding hydrogens is 262 g/mol. The van der Waals surface area contributed by atoms with E-state index < -0.39 is 0 Å². The molecule has 0 aromatic carbocycles. The van der Waals surface area contributed by atoms with Crippen molar-refractivity contribution in [1.82, 2.24) is 15.2 Å². The van der Waals surface area contributed by atoms with Crippen molar-refractivity contribution >= 4 is 41.1 Å². The van der Waals surface area contributed by atoms with Gasteiger partial charge in [0.2, 0.25) is 0 Å². The summed E-state index contributed by atoms with van der Waals surface area (Å²) in [7, 11) is 0. The molecule has 0 fully saturated rings. The zero-order valence-electron chi connectivity index (χ0n) is 8.28. The maximum absolute atomic E-state index is 10.4. The number of aromatic nitrogens is 3. The van der Waals surface area contributed by atoms with E-state index in [1.54, 1.807) is 30.1 Å². The van der Waals surface area contributed by atoms with Crippen LogP contribution in [-0.4, -0.2) is 27.7 Å². The van der Waals surface area contributed by atoms with Gasteiger partial charge < -0.3 is 0 Å². The standard InChI is InChI=1S/C9H7N3OS3/c1-14-8-11-12-9(16-8)15-7-3-2-6(5-13)4-10-7/h2-5H,1H3. The maximum atomic E-state index is 10.4. The van der Waals surface area contributed by atoms with Crippen LogP contribution in [0.5, 0.6) is 0 Å². The minimum Gasteiger partial charge on any atom is -0.298 e. The summed E-state index contributed by atoms with van der Waals surface area (Å²) in [6.45, 7) is 0. The van der Waals surface area contributed by atoms with Crippen molar-refractivity contribution in [1.29, 1.82) is 0 Å². The number of aldehydes is 1. The Morgan fingerprint density at radius 3 is 2.69 bits per heavy atom. The van der Waals surface area contributed by atoms with Gasteiger partial charge in [-0.3, -0.25) is 4.79 Å². The van der Waals surface area contributed by atoms with Crippen LogP contribution in [0.25, 0.3) is 0 Å². The lowest BCUT2D eigenvalue weighted by atomic mass is 10.3. The van der Waals surface area contributed by atoms with E-state index in [-0.39, 0.29) is 0 Å². The van der Waals surface area contributed by atoms with Gasteiger partial charge in [-0.05, 0) is 30.2 Å². The SMILES string of the molecule is CSc1nnc(Sc2ccc(C=O)cn2)s1. The van der Waals surface area contributed by atoms with Gasteiger partial charge in [0.05, 0.1) is 0 Å². The molecule has 0 N–H and O–H groups in total. The van der Waals surface area contributed by atoms with Gasteiger partial charge in [0.1, 0.15) is 5.03 Å². The topological polar surface area (TPSA) is 55.7 Å². The predicted molar refractivity (Wildman–Crippen MR) is 65.4 cm³/mol. The molecule has 0 saturated carbocycles. The molecule has 0 unspecified atom stereocenters. The molecule has 82 valence electrons. The van der Waals surface area contributed by atoms with Gasteiger partial charge in [-0.1, -0.05) is 23.1 Å². The summed E-state index contributed by atoms with van der Waals surface area (Å²) in [6.07, 6.45) is 4.29. The molecule has 0 bridgehead atoms. The van der Waals surface area contributed by atoms with Crippen molar-refractivity contribution in [3.63, 3.8) is 0 Å². The van der Waals surface area contributed by atoms with Crippen molar-refractivity contribution in [2.24, 2.45) is 0 Å². The first-order valence-electron chi connectivity index (χ1n) is 4.28. The molecular formula is C9H7N3OS3. The first-order chi connectivity index (χ1) is 7.81. The van der Waals surface area contributed by atoms with Crippen LogP contribution in [0.15, 0.2) is 32.0 Å². The Bertz CT molecular complexity index is 483. The monoisotopic (exact) mass is 269 g/mol. The molecule has 2 rings (SSSR count). The van der Waals surface area contributed by atoms with Crippen molar-refractivity contribution in [3.05, 3.63) is 23.9 Å². The fourth-order valence-corrected chi connectivity index (χ4v) is 3.26. The van der Waals surface area contributed by atoms with Crippen molar-refractivity contribution in [2.75, 3.05) is 6.26 Å². The van der Waals surface area contributed by atoms with Crippen LogP contribution in [0.4, 0.5) is 0 Å². The minimum absolute atomic E-state index is 0.575. The van der Waals surface area contributed by atoms with Crippen LogP contribution < -0.4 is 0 Å². The second kappa shape index (κ2) is 5.42. The third-order valence-electron chi connectivity index (χ3n) is 1.65. The molecule has 0 aliphatic heterocycles. The smallest absolute Gasteiger partial charge is 0.181 e. The number of thioether (sulfide) groups is 1. The first kappa shape index (κ1) is 11.6. The number of carbonyl (C=O) groups is 1. The van der Waals surface area contributed by atoms with E-state index in [1.807, 2.05) is 6.26 Å². The van der Waals surface area contributed by atoms with Crippen LogP contribution in [0.1, 0.15) is 10.4 Å². The van der Waals surface area contributed by atoms with Crippen LogP contribution in [0.2, 0.25) is 0 Å². The van der Waals surface area contributed by atoms with E-state index in [0.717, 1.165) is 20.0 Å². The third-order valence-corrected chi connectivity index (χ3v) is 4.55. The average molecular weight is 269 g/mol. The van der Waals surface area contributed by atoms with Gasteiger partial charge in [0.15, 0.2) is 15.0 Å². The van der Waals surface area contributed by atoms with Crippen LogP contribution in [0, 0.1) is 0 Å². The van der Waals surface area contributed by atoms with E-state index in [0.29, 0.717) is 5.56 Å². The third kappa shape index (κ3) is 2.81. The number of carbonyl (C=O) groups excluding carboxylic acids is 1. The van der Waals surface area contributed by atoms with Crippen LogP contribution in [0.3, 0.4) is 0 Å². The molecule has 2 aromatic heterocycles. The van der Waals surface area contributed by atoms with E-state index in [1.165, 1.54) is 23.1 Å². The lowest BCUT2D eigenvalue weighted by Gasteiger charge is -1.95. The summed E-state index contributed by atoms with van der Waals surface area (Å²) in [5.41, 5.74) is 0.575. The average Bonchev–Trinajstić information content (AvgIpc) is 2.78. The molecule has 2 heterocycles. The van der Waals surface area contributed by atoms with Gasteiger partial charge in [0.25, 0.3) is 0 Å². The molecule has 2 aromatic rings. The summed E-state index contributed by atoms with van der Waals surface area (Å²) in [4.78, 5) is 14.6. The molecule has 0 atom stereocenters. The number of hydrogen-bond acceptors (Lipinski definition) is 7. The number of hydrogen-bond donors (Lipinski definition) is 0.